The molecule has 3 heteroatoms. The number of nitrogens with zero attached hydrogens (tertiary/aromatic N) is 1. The average molecular weight is 315 g/mol. The van der Waals surface area contributed by atoms with Crippen LogP contribution in [0.2, 0.25) is 0 Å². The molecule has 2 saturated carbocycles. The van der Waals surface area contributed by atoms with Crippen molar-refractivity contribution in [2.45, 2.75) is 56.5 Å². The van der Waals surface area contributed by atoms with E-state index in [4.69, 9.17) is 4.74 Å². The molecule has 0 aromatic heterocycles. The van der Waals surface area contributed by atoms with Gasteiger partial charge in [0.25, 0.3) is 0 Å². The van der Waals surface area contributed by atoms with Crippen LogP contribution in [0.4, 0.5) is 5.69 Å². The highest BCUT2D eigenvalue weighted by molar-refractivity contribution is 5.50. The van der Waals surface area contributed by atoms with Gasteiger partial charge in [-0.25, -0.2) is 0 Å². The molecule has 1 saturated heterocycles. The lowest BCUT2D eigenvalue weighted by atomic mass is 9.68. The van der Waals surface area contributed by atoms with E-state index >= 15 is 0 Å². The zero-order chi connectivity index (χ0) is 15.9. The molecule has 1 aliphatic heterocycles. The zero-order valence-electron chi connectivity index (χ0n) is 14.3. The van der Waals surface area contributed by atoms with Crippen molar-refractivity contribution in [2.75, 3.05) is 31.7 Å². The topological polar surface area (TPSA) is 32.7 Å². The van der Waals surface area contributed by atoms with Crippen molar-refractivity contribution in [2.24, 2.45) is 5.41 Å². The second kappa shape index (κ2) is 5.78. The molecule has 4 rings (SSSR count). The van der Waals surface area contributed by atoms with Crippen LogP contribution in [0.5, 0.6) is 0 Å². The summed E-state index contributed by atoms with van der Waals surface area (Å²) in [5.74, 6) is 0.839. The van der Waals surface area contributed by atoms with Crippen molar-refractivity contribution >= 4 is 5.69 Å². The predicted octanol–water partition coefficient (Wildman–Crippen LogP) is 3.71. The molecular formula is C20H29NO2. The fraction of sp³-hybridized carbons (Fsp3) is 0.700. The second-order valence-electron chi connectivity index (χ2n) is 8.19. The Bertz CT molecular complexity index is 541. The summed E-state index contributed by atoms with van der Waals surface area (Å²) in [5.41, 5.74) is 2.73. The molecule has 3 nitrogen and oxygen atoms in total. The Morgan fingerprint density at radius 1 is 1.09 bits per heavy atom. The molecule has 23 heavy (non-hydrogen) atoms. The molecular weight excluding hydrogens is 286 g/mol. The van der Waals surface area contributed by atoms with Gasteiger partial charge in [-0.3, -0.25) is 0 Å². The summed E-state index contributed by atoms with van der Waals surface area (Å²) in [4.78, 5) is 2.55. The van der Waals surface area contributed by atoms with Gasteiger partial charge < -0.3 is 14.7 Å². The Balaban J connectivity index is 1.39. The van der Waals surface area contributed by atoms with E-state index in [0.717, 1.165) is 44.7 Å². The predicted molar refractivity (Wildman–Crippen MR) is 93.0 cm³/mol. The van der Waals surface area contributed by atoms with Gasteiger partial charge in [-0.15, -0.1) is 0 Å². The van der Waals surface area contributed by atoms with Crippen LogP contribution in [-0.4, -0.2) is 37.5 Å². The summed E-state index contributed by atoms with van der Waals surface area (Å²) in [6.45, 7) is 2.79. The van der Waals surface area contributed by atoms with Gasteiger partial charge in [0.1, 0.15) is 0 Å². The van der Waals surface area contributed by atoms with Crippen LogP contribution in [0.15, 0.2) is 24.3 Å². The van der Waals surface area contributed by atoms with Gasteiger partial charge in [0.15, 0.2) is 0 Å². The second-order valence-corrected chi connectivity index (χ2v) is 8.19. The molecule has 0 atom stereocenters. The SMILES string of the molecule is COCC1(O)CCC2(CCN(c3ccc(C4CC4)cc3)C2)CC1. The third-order valence-electron chi connectivity index (χ3n) is 6.40. The van der Waals surface area contributed by atoms with Crippen molar-refractivity contribution in [1.82, 2.24) is 0 Å². The van der Waals surface area contributed by atoms with E-state index in [9.17, 15) is 5.11 Å². The molecule has 2 aliphatic carbocycles. The number of benzene rings is 1. The highest BCUT2D eigenvalue weighted by Gasteiger charge is 2.45. The third kappa shape index (κ3) is 3.14. The molecule has 1 aromatic carbocycles. The molecule has 0 bridgehead atoms. The fourth-order valence-corrected chi connectivity index (χ4v) is 4.60. The van der Waals surface area contributed by atoms with Crippen LogP contribution < -0.4 is 4.90 Å². The lowest BCUT2D eigenvalue weighted by molar-refractivity contribution is -0.0766. The van der Waals surface area contributed by atoms with E-state index in [-0.39, 0.29) is 0 Å². The lowest BCUT2D eigenvalue weighted by Gasteiger charge is -2.41. The van der Waals surface area contributed by atoms with Crippen molar-refractivity contribution in [1.29, 1.82) is 0 Å². The van der Waals surface area contributed by atoms with Crippen LogP contribution in [0.3, 0.4) is 0 Å². The van der Waals surface area contributed by atoms with E-state index in [1.807, 2.05) is 0 Å². The monoisotopic (exact) mass is 315 g/mol. The first kappa shape index (κ1) is 15.5. The van der Waals surface area contributed by atoms with Crippen molar-refractivity contribution < 1.29 is 9.84 Å². The van der Waals surface area contributed by atoms with Crippen LogP contribution >= 0.6 is 0 Å². The number of methoxy groups -OCH3 is 1. The molecule has 1 N–H and O–H groups in total. The Labute approximate surface area is 139 Å². The first-order valence-corrected chi connectivity index (χ1v) is 9.18. The van der Waals surface area contributed by atoms with E-state index < -0.39 is 5.60 Å². The Hall–Kier alpha value is -1.06. The largest absolute Gasteiger partial charge is 0.387 e. The lowest BCUT2D eigenvalue weighted by Crippen LogP contribution is -2.43. The maximum atomic E-state index is 10.5. The highest BCUT2D eigenvalue weighted by Crippen LogP contribution is 2.48. The van der Waals surface area contributed by atoms with Crippen LogP contribution in [0, 0.1) is 5.41 Å². The van der Waals surface area contributed by atoms with Gasteiger partial charge >= 0.3 is 0 Å². The summed E-state index contributed by atoms with van der Waals surface area (Å²) < 4.78 is 5.20. The molecule has 3 fully saturated rings. The van der Waals surface area contributed by atoms with Gasteiger partial charge in [-0.1, -0.05) is 12.1 Å². The number of aliphatic hydroxyl groups is 1. The Morgan fingerprint density at radius 2 is 1.78 bits per heavy atom. The number of hydrogen-bond acceptors (Lipinski definition) is 3. The smallest absolute Gasteiger partial charge is 0.0880 e. The molecule has 1 aromatic rings. The number of anilines is 1. The Kier molecular flexibility index (Phi) is 3.89. The standard InChI is InChI=1S/C20H29NO2/c1-23-15-20(22)10-8-19(9-11-20)12-13-21(14-19)18-6-4-17(5-7-18)16-2-3-16/h4-7,16,22H,2-3,8-15H2,1H3. The first-order chi connectivity index (χ1) is 11.1. The van der Waals surface area contributed by atoms with E-state index in [2.05, 4.69) is 29.2 Å². The highest BCUT2D eigenvalue weighted by atomic mass is 16.5. The van der Waals surface area contributed by atoms with Gasteiger partial charge in [0, 0.05) is 25.9 Å². The third-order valence-corrected chi connectivity index (χ3v) is 6.40. The van der Waals surface area contributed by atoms with Crippen molar-refractivity contribution in [3.8, 4) is 0 Å². The van der Waals surface area contributed by atoms with Crippen LogP contribution in [0.25, 0.3) is 0 Å². The molecule has 126 valence electrons. The van der Waals surface area contributed by atoms with Gasteiger partial charge in [-0.05, 0) is 74.0 Å². The minimum Gasteiger partial charge on any atom is -0.387 e. The van der Waals surface area contributed by atoms with E-state index in [1.165, 1.54) is 30.5 Å². The molecule has 0 amide bonds. The minimum atomic E-state index is -0.584. The molecule has 0 unspecified atom stereocenters. The minimum absolute atomic E-state index is 0.412. The summed E-state index contributed by atoms with van der Waals surface area (Å²) in [6, 6.07) is 9.29. The first-order valence-electron chi connectivity index (χ1n) is 9.18. The molecule has 1 heterocycles. The van der Waals surface area contributed by atoms with Gasteiger partial charge in [0.05, 0.1) is 12.2 Å². The molecule has 1 spiro atoms. The normalized spacial score (nSPS) is 34.3. The average Bonchev–Trinajstić information content (AvgIpc) is 3.33. The molecule has 3 aliphatic rings. The summed E-state index contributed by atoms with van der Waals surface area (Å²) in [7, 11) is 1.69. The maximum Gasteiger partial charge on any atom is 0.0880 e. The number of ether oxygens (including phenoxy) is 1. The molecule has 0 radical (unpaired) electrons. The van der Waals surface area contributed by atoms with Crippen molar-refractivity contribution in [3.05, 3.63) is 29.8 Å². The summed E-state index contributed by atoms with van der Waals surface area (Å²) in [5, 5.41) is 10.5. The van der Waals surface area contributed by atoms with Gasteiger partial charge in [0.2, 0.25) is 0 Å². The van der Waals surface area contributed by atoms with E-state index in [1.54, 1.807) is 7.11 Å². The van der Waals surface area contributed by atoms with Crippen LogP contribution in [0.1, 0.15) is 56.4 Å². The number of rotatable bonds is 4. The summed E-state index contributed by atoms with van der Waals surface area (Å²) in [6.07, 6.45) is 8.03. The Morgan fingerprint density at radius 3 is 2.39 bits per heavy atom. The summed E-state index contributed by atoms with van der Waals surface area (Å²) >= 11 is 0. The van der Waals surface area contributed by atoms with Crippen LogP contribution in [-0.2, 0) is 4.74 Å². The zero-order valence-corrected chi connectivity index (χ0v) is 14.3. The van der Waals surface area contributed by atoms with Gasteiger partial charge in [-0.2, -0.15) is 0 Å². The van der Waals surface area contributed by atoms with Crippen molar-refractivity contribution in [3.63, 3.8) is 0 Å². The fourth-order valence-electron chi connectivity index (χ4n) is 4.60. The maximum absolute atomic E-state index is 10.5. The number of hydrogen-bond donors (Lipinski definition) is 1. The van der Waals surface area contributed by atoms with E-state index in [0.29, 0.717) is 12.0 Å². The quantitative estimate of drug-likeness (QED) is 0.919.